The number of likely N-dealkylation sites (N-methyl/N-ethyl adjacent to an activating group) is 1. The predicted octanol–water partition coefficient (Wildman–Crippen LogP) is 2.09. The Morgan fingerprint density at radius 3 is 3.00 bits per heavy atom. The zero-order valence-corrected chi connectivity index (χ0v) is 11.2. The summed E-state index contributed by atoms with van der Waals surface area (Å²) in [5.41, 5.74) is 2.54. The first kappa shape index (κ1) is 12.4. The van der Waals surface area contributed by atoms with Crippen LogP contribution in [0.4, 0.5) is 0 Å². The minimum atomic E-state index is 0.408. The average molecular weight is 257 g/mol. The Labute approximate surface area is 113 Å². The van der Waals surface area contributed by atoms with Crippen LogP contribution >= 0.6 is 0 Å². The summed E-state index contributed by atoms with van der Waals surface area (Å²) in [6.45, 7) is 3.46. The van der Waals surface area contributed by atoms with Crippen LogP contribution in [0.2, 0.25) is 0 Å². The second-order valence-electron chi connectivity index (χ2n) is 5.13. The summed E-state index contributed by atoms with van der Waals surface area (Å²) in [4.78, 5) is 6.35. The van der Waals surface area contributed by atoms with Gasteiger partial charge in [-0.25, -0.2) is 0 Å². The van der Waals surface area contributed by atoms with Gasteiger partial charge < -0.3 is 9.30 Å². The molecule has 19 heavy (non-hydrogen) atoms. The summed E-state index contributed by atoms with van der Waals surface area (Å²) in [5.74, 6) is 0. The zero-order chi connectivity index (χ0) is 13.1. The Morgan fingerprint density at radius 2 is 2.16 bits per heavy atom. The number of fused-ring (bicyclic) bond motifs is 1. The molecule has 1 aliphatic rings. The molecule has 0 N–H and O–H groups in total. The van der Waals surface area contributed by atoms with Crippen LogP contribution in [-0.2, 0) is 17.9 Å². The van der Waals surface area contributed by atoms with Crippen molar-refractivity contribution in [3.8, 4) is 0 Å². The maximum absolute atomic E-state index is 5.86. The van der Waals surface area contributed by atoms with Crippen LogP contribution in [0, 0.1) is 0 Å². The van der Waals surface area contributed by atoms with Crippen molar-refractivity contribution in [2.75, 3.05) is 20.2 Å². The number of nitrogens with zero attached hydrogens (tertiary/aromatic N) is 3. The fraction of sp³-hybridized carbons (Fsp3) is 0.400. The Bertz CT molecular complexity index is 523. The molecule has 1 atom stereocenters. The first-order chi connectivity index (χ1) is 9.33. The smallest absolute Gasteiger partial charge is 0.0719 e. The van der Waals surface area contributed by atoms with Gasteiger partial charge in [-0.3, -0.25) is 9.88 Å². The number of aromatic nitrogens is 2. The Hall–Kier alpha value is -1.65. The van der Waals surface area contributed by atoms with Gasteiger partial charge in [-0.05, 0) is 36.9 Å². The van der Waals surface area contributed by atoms with Crippen LogP contribution in [0.1, 0.15) is 17.3 Å². The summed E-state index contributed by atoms with van der Waals surface area (Å²) in [6.07, 6.45) is 5.76. The van der Waals surface area contributed by atoms with Crippen molar-refractivity contribution in [2.45, 2.75) is 19.2 Å². The van der Waals surface area contributed by atoms with E-state index in [4.69, 9.17) is 4.74 Å². The first-order valence-electron chi connectivity index (χ1n) is 6.64. The number of pyridine rings is 1. The van der Waals surface area contributed by atoms with E-state index in [-0.39, 0.29) is 0 Å². The molecule has 0 spiro atoms. The van der Waals surface area contributed by atoms with Crippen molar-refractivity contribution in [2.24, 2.45) is 0 Å². The largest absolute Gasteiger partial charge is 0.375 e. The Kier molecular flexibility index (Phi) is 3.62. The third-order valence-corrected chi connectivity index (χ3v) is 3.54. The van der Waals surface area contributed by atoms with Gasteiger partial charge in [0.05, 0.1) is 19.3 Å². The quantitative estimate of drug-likeness (QED) is 0.840. The molecule has 0 saturated heterocycles. The van der Waals surface area contributed by atoms with Gasteiger partial charge in [0, 0.05) is 37.4 Å². The van der Waals surface area contributed by atoms with E-state index in [9.17, 15) is 0 Å². The maximum atomic E-state index is 5.86. The fourth-order valence-corrected chi connectivity index (χ4v) is 2.63. The highest BCUT2D eigenvalue weighted by atomic mass is 16.5. The van der Waals surface area contributed by atoms with Crippen LogP contribution in [0.3, 0.4) is 0 Å². The lowest BCUT2D eigenvalue weighted by molar-refractivity contribution is 0.0668. The molecule has 0 saturated carbocycles. The monoisotopic (exact) mass is 257 g/mol. The summed E-state index contributed by atoms with van der Waals surface area (Å²) in [6, 6.07) is 8.70. The zero-order valence-electron chi connectivity index (χ0n) is 11.2. The van der Waals surface area contributed by atoms with Gasteiger partial charge in [0.15, 0.2) is 0 Å². The molecule has 2 aromatic rings. The minimum Gasteiger partial charge on any atom is -0.375 e. The van der Waals surface area contributed by atoms with Gasteiger partial charge in [-0.15, -0.1) is 0 Å². The van der Waals surface area contributed by atoms with Gasteiger partial charge in [0.1, 0.15) is 0 Å². The summed E-state index contributed by atoms with van der Waals surface area (Å²) in [7, 11) is 2.16. The van der Waals surface area contributed by atoms with Crippen molar-refractivity contribution in [1.29, 1.82) is 0 Å². The second-order valence-corrected chi connectivity index (χ2v) is 5.13. The van der Waals surface area contributed by atoms with Crippen molar-refractivity contribution >= 4 is 0 Å². The molecule has 100 valence electrons. The van der Waals surface area contributed by atoms with E-state index in [1.54, 1.807) is 12.4 Å². The number of ether oxygens (including phenoxy) is 1. The molecule has 3 rings (SSSR count). The van der Waals surface area contributed by atoms with E-state index in [0.29, 0.717) is 12.6 Å². The molecule has 0 radical (unpaired) electrons. The van der Waals surface area contributed by atoms with Crippen LogP contribution in [-0.4, -0.2) is 34.7 Å². The molecule has 0 aromatic carbocycles. The van der Waals surface area contributed by atoms with E-state index in [0.717, 1.165) is 19.7 Å². The molecule has 0 aliphatic carbocycles. The SMILES string of the molecule is CN1Cc2cccn2[C@H](COCc2ccncc2)C1. The van der Waals surface area contributed by atoms with E-state index in [1.807, 2.05) is 12.1 Å². The van der Waals surface area contributed by atoms with Gasteiger partial charge >= 0.3 is 0 Å². The van der Waals surface area contributed by atoms with Crippen molar-refractivity contribution in [1.82, 2.24) is 14.5 Å². The van der Waals surface area contributed by atoms with Crippen LogP contribution in [0.15, 0.2) is 42.9 Å². The number of rotatable bonds is 4. The van der Waals surface area contributed by atoms with E-state index in [1.165, 1.54) is 11.3 Å². The highest BCUT2D eigenvalue weighted by Crippen LogP contribution is 2.21. The molecule has 1 aliphatic heterocycles. The van der Waals surface area contributed by atoms with E-state index < -0.39 is 0 Å². The fourth-order valence-electron chi connectivity index (χ4n) is 2.63. The van der Waals surface area contributed by atoms with Crippen molar-refractivity contribution < 1.29 is 4.74 Å². The van der Waals surface area contributed by atoms with Crippen LogP contribution in [0.5, 0.6) is 0 Å². The first-order valence-corrected chi connectivity index (χ1v) is 6.64. The lowest BCUT2D eigenvalue weighted by atomic mass is 10.2. The molecular formula is C15H19N3O. The van der Waals surface area contributed by atoms with Crippen molar-refractivity contribution in [3.63, 3.8) is 0 Å². The molecule has 2 aromatic heterocycles. The van der Waals surface area contributed by atoms with Gasteiger partial charge in [0.25, 0.3) is 0 Å². The Morgan fingerprint density at radius 1 is 1.32 bits per heavy atom. The second kappa shape index (κ2) is 5.55. The number of hydrogen-bond acceptors (Lipinski definition) is 3. The topological polar surface area (TPSA) is 30.3 Å². The Balaban J connectivity index is 1.59. The van der Waals surface area contributed by atoms with Crippen LogP contribution < -0.4 is 0 Å². The molecule has 0 fully saturated rings. The maximum Gasteiger partial charge on any atom is 0.0719 e. The summed E-state index contributed by atoms with van der Waals surface area (Å²) >= 11 is 0. The van der Waals surface area contributed by atoms with Gasteiger partial charge in [-0.1, -0.05) is 0 Å². The normalized spacial score (nSPS) is 19.3. The molecule has 4 heteroatoms. The van der Waals surface area contributed by atoms with E-state index in [2.05, 4.69) is 39.8 Å². The number of hydrogen-bond donors (Lipinski definition) is 0. The molecule has 3 heterocycles. The third-order valence-electron chi connectivity index (χ3n) is 3.54. The van der Waals surface area contributed by atoms with Crippen LogP contribution in [0.25, 0.3) is 0 Å². The van der Waals surface area contributed by atoms with Gasteiger partial charge in [0.2, 0.25) is 0 Å². The highest BCUT2D eigenvalue weighted by Gasteiger charge is 2.21. The summed E-state index contributed by atoms with van der Waals surface area (Å²) in [5, 5.41) is 0. The highest BCUT2D eigenvalue weighted by molar-refractivity contribution is 5.11. The minimum absolute atomic E-state index is 0.408. The van der Waals surface area contributed by atoms with Crippen molar-refractivity contribution in [3.05, 3.63) is 54.1 Å². The predicted molar refractivity (Wildman–Crippen MR) is 73.7 cm³/mol. The lowest BCUT2D eigenvalue weighted by Gasteiger charge is -2.32. The molecule has 0 bridgehead atoms. The van der Waals surface area contributed by atoms with Gasteiger partial charge in [-0.2, -0.15) is 0 Å². The molecular weight excluding hydrogens is 238 g/mol. The third kappa shape index (κ3) is 2.85. The average Bonchev–Trinajstić information content (AvgIpc) is 2.88. The molecule has 0 unspecified atom stereocenters. The lowest BCUT2D eigenvalue weighted by Crippen LogP contribution is -2.36. The summed E-state index contributed by atoms with van der Waals surface area (Å²) < 4.78 is 8.20. The molecule has 0 amide bonds. The standard InChI is InChI=1S/C15H19N3O/c1-17-9-14-3-2-8-18(14)15(10-17)12-19-11-13-4-6-16-7-5-13/h2-8,15H,9-12H2,1H3/t15-/m0/s1. The van der Waals surface area contributed by atoms with E-state index >= 15 is 0 Å². The molecule has 4 nitrogen and oxygen atoms in total.